The molecule has 0 bridgehead atoms. The fraction of sp³-hybridized carbons (Fsp3) is 0.412. The van der Waals surface area contributed by atoms with E-state index in [2.05, 4.69) is 55.1 Å². The van der Waals surface area contributed by atoms with E-state index in [9.17, 15) is 0 Å². The van der Waals surface area contributed by atoms with Gasteiger partial charge in [-0.25, -0.2) is 9.97 Å². The molecule has 0 spiro atoms. The Hall–Kier alpha value is -1.94. The Kier molecular flexibility index (Phi) is 5.28. The summed E-state index contributed by atoms with van der Waals surface area (Å²) in [5.74, 6) is 1.23. The molecule has 0 fully saturated rings. The van der Waals surface area contributed by atoms with Crippen LogP contribution in [-0.4, -0.2) is 16.5 Å². The average Bonchev–Trinajstić information content (AvgIpc) is 2.46. The van der Waals surface area contributed by atoms with Crippen LogP contribution in [0.5, 0.6) is 11.8 Å². The number of benzene rings is 1. The van der Waals surface area contributed by atoms with E-state index in [1.165, 1.54) is 5.56 Å². The Balaban J connectivity index is 2.16. The van der Waals surface area contributed by atoms with Gasteiger partial charge in [-0.3, -0.25) is 0 Å². The fourth-order valence-corrected chi connectivity index (χ4v) is 2.06. The largest absolute Gasteiger partial charge is 0.424 e. The molecule has 0 saturated carbocycles. The van der Waals surface area contributed by atoms with Crippen LogP contribution in [0.2, 0.25) is 0 Å². The van der Waals surface area contributed by atoms with Crippen LogP contribution < -0.4 is 10.1 Å². The molecule has 0 saturated heterocycles. The maximum atomic E-state index is 5.87. The third-order valence-electron chi connectivity index (χ3n) is 3.25. The number of ether oxygens (including phenoxy) is 1. The van der Waals surface area contributed by atoms with Gasteiger partial charge in [0.15, 0.2) is 0 Å². The van der Waals surface area contributed by atoms with Gasteiger partial charge in [0.05, 0.1) is 0 Å². The highest BCUT2D eigenvalue weighted by Gasteiger charge is 2.10. The summed E-state index contributed by atoms with van der Waals surface area (Å²) >= 11 is 0. The van der Waals surface area contributed by atoms with E-state index in [1.54, 1.807) is 12.4 Å². The highest BCUT2D eigenvalue weighted by atomic mass is 16.5. The maximum absolute atomic E-state index is 5.87. The van der Waals surface area contributed by atoms with Crippen LogP contribution in [0.15, 0.2) is 30.6 Å². The van der Waals surface area contributed by atoms with Crippen molar-refractivity contribution in [3.8, 4) is 11.8 Å². The molecule has 1 aromatic heterocycles. The van der Waals surface area contributed by atoms with Gasteiger partial charge in [0.1, 0.15) is 5.75 Å². The molecule has 2 rings (SSSR count). The first-order chi connectivity index (χ1) is 10.1. The van der Waals surface area contributed by atoms with Crippen LogP contribution in [0.1, 0.15) is 43.4 Å². The standard InChI is InChI=1S/C17H23N3O/c1-5-18-9-14-10-19-17(20-11-14)21-16-8-13(4)6-7-15(16)12(2)3/h6-8,10-12,18H,5,9H2,1-4H3. The summed E-state index contributed by atoms with van der Waals surface area (Å²) in [6.45, 7) is 10.1. The highest BCUT2D eigenvalue weighted by Crippen LogP contribution is 2.30. The zero-order chi connectivity index (χ0) is 15.2. The normalized spacial score (nSPS) is 10.9. The van der Waals surface area contributed by atoms with Crippen molar-refractivity contribution >= 4 is 0 Å². The molecule has 0 aliphatic carbocycles. The molecule has 112 valence electrons. The predicted molar refractivity (Wildman–Crippen MR) is 84.8 cm³/mol. The molecule has 0 atom stereocenters. The number of nitrogens with zero attached hydrogens (tertiary/aromatic N) is 2. The van der Waals surface area contributed by atoms with E-state index in [0.717, 1.165) is 30.0 Å². The molecule has 0 aliphatic rings. The van der Waals surface area contributed by atoms with Gasteiger partial charge >= 0.3 is 6.01 Å². The van der Waals surface area contributed by atoms with Crippen molar-refractivity contribution in [3.63, 3.8) is 0 Å². The molecule has 0 radical (unpaired) electrons. The minimum Gasteiger partial charge on any atom is -0.424 e. The smallest absolute Gasteiger partial charge is 0.321 e. The van der Waals surface area contributed by atoms with Gasteiger partial charge in [0.2, 0.25) is 0 Å². The van der Waals surface area contributed by atoms with Gasteiger partial charge in [-0.05, 0) is 36.6 Å². The first-order valence-electron chi connectivity index (χ1n) is 7.40. The first-order valence-corrected chi connectivity index (χ1v) is 7.40. The summed E-state index contributed by atoms with van der Waals surface area (Å²) in [7, 11) is 0. The molecule has 2 aromatic rings. The lowest BCUT2D eigenvalue weighted by Gasteiger charge is -2.13. The second-order valence-corrected chi connectivity index (χ2v) is 5.45. The topological polar surface area (TPSA) is 47.0 Å². The van der Waals surface area contributed by atoms with Crippen molar-refractivity contribution in [1.82, 2.24) is 15.3 Å². The van der Waals surface area contributed by atoms with Crippen molar-refractivity contribution in [2.24, 2.45) is 0 Å². The molecule has 1 aromatic carbocycles. The Labute approximate surface area is 126 Å². The first kappa shape index (κ1) is 15.4. The Morgan fingerprint density at radius 2 is 1.90 bits per heavy atom. The van der Waals surface area contributed by atoms with E-state index in [-0.39, 0.29) is 0 Å². The minimum absolute atomic E-state index is 0.391. The van der Waals surface area contributed by atoms with Crippen LogP contribution in [0.3, 0.4) is 0 Å². The number of hydrogen-bond donors (Lipinski definition) is 1. The molecular formula is C17H23N3O. The number of rotatable bonds is 6. The van der Waals surface area contributed by atoms with Gasteiger partial charge in [-0.15, -0.1) is 0 Å². The van der Waals surface area contributed by atoms with Crippen LogP contribution in [0, 0.1) is 6.92 Å². The highest BCUT2D eigenvalue weighted by molar-refractivity contribution is 5.40. The number of nitrogens with one attached hydrogen (secondary N) is 1. The van der Waals surface area contributed by atoms with E-state index in [0.29, 0.717) is 11.9 Å². The van der Waals surface area contributed by atoms with Gasteiger partial charge in [0.25, 0.3) is 0 Å². The third kappa shape index (κ3) is 4.26. The zero-order valence-electron chi connectivity index (χ0n) is 13.2. The Morgan fingerprint density at radius 1 is 1.19 bits per heavy atom. The lowest BCUT2D eigenvalue weighted by Crippen LogP contribution is -2.12. The summed E-state index contributed by atoms with van der Waals surface area (Å²) in [5.41, 5.74) is 3.39. The van der Waals surface area contributed by atoms with Gasteiger partial charge < -0.3 is 10.1 Å². The monoisotopic (exact) mass is 285 g/mol. The minimum atomic E-state index is 0.391. The molecule has 4 heteroatoms. The second kappa shape index (κ2) is 7.18. The van der Waals surface area contributed by atoms with E-state index in [4.69, 9.17) is 4.74 Å². The predicted octanol–water partition coefficient (Wildman–Crippen LogP) is 3.81. The summed E-state index contributed by atoms with van der Waals surface area (Å²) in [4.78, 5) is 8.57. The van der Waals surface area contributed by atoms with Gasteiger partial charge in [-0.1, -0.05) is 32.9 Å². The maximum Gasteiger partial charge on any atom is 0.321 e. The second-order valence-electron chi connectivity index (χ2n) is 5.45. The lowest BCUT2D eigenvalue weighted by molar-refractivity contribution is 0.433. The SMILES string of the molecule is CCNCc1cnc(Oc2cc(C)ccc2C(C)C)nc1. The van der Waals surface area contributed by atoms with Crippen LogP contribution in [0.4, 0.5) is 0 Å². The van der Waals surface area contributed by atoms with E-state index >= 15 is 0 Å². The van der Waals surface area contributed by atoms with Crippen LogP contribution in [-0.2, 0) is 6.54 Å². The molecular weight excluding hydrogens is 262 g/mol. The number of aromatic nitrogens is 2. The van der Waals surface area contributed by atoms with Crippen molar-refractivity contribution in [2.45, 2.75) is 40.2 Å². The zero-order valence-corrected chi connectivity index (χ0v) is 13.2. The van der Waals surface area contributed by atoms with E-state index in [1.807, 2.05) is 6.07 Å². The molecule has 1 heterocycles. The fourth-order valence-electron chi connectivity index (χ4n) is 2.06. The van der Waals surface area contributed by atoms with Gasteiger partial charge in [0, 0.05) is 24.5 Å². The van der Waals surface area contributed by atoms with Gasteiger partial charge in [-0.2, -0.15) is 0 Å². The van der Waals surface area contributed by atoms with Crippen molar-refractivity contribution in [1.29, 1.82) is 0 Å². The molecule has 0 unspecified atom stereocenters. The average molecular weight is 285 g/mol. The van der Waals surface area contributed by atoms with Crippen molar-refractivity contribution in [2.75, 3.05) is 6.54 Å². The molecule has 4 nitrogen and oxygen atoms in total. The quantitative estimate of drug-likeness (QED) is 0.876. The Bertz CT molecular complexity index is 579. The Morgan fingerprint density at radius 3 is 2.52 bits per heavy atom. The molecule has 0 aliphatic heterocycles. The van der Waals surface area contributed by atoms with Crippen molar-refractivity contribution in [3.05, 3.63) is 47.3 Å². The van der Waals surface area contributed by atoms with Crippen molar-refractivity contribution < 1.29 is 4.74 Å². The summed E-state index contributed by atoms with van der Waals surface area (Å²) in [6, 6.07) is 6.63. The molecule has 21 heavy (non-hydrogen) atoms. The van der Waals surface area contributed by atoms with Crippen LogP contribution >= 0.6 is 0 Å². The number of hydrogen-bond acceptors (Lipinski definition) is 4. The summed E-state index contributed by atoms with van der Waals surface area (Å²) in [5, 5.41) is 3.24. The molecule has 1 N–H and O–H groups in total. The molecule has 0 amide bonds. The number of aryl methyl sites for hydroxylation is 1. The summed E-state index contributed by atoms with van der Waals surface area (Å²) in [6.07, 6.45) is 3.60. The summed E-state index contributed by atoms with van der Waals surface area (Å²) < 4.78 is 5.87. The van der Waals surface area contributed by atoms with E-state index < -0.39 is 0 Å². The third-order valence-corrected chi connectivity index (χ3v) is 3.25. The lowest BCUT2D eigenvalue weighted by atomic mass is 10.0. The van der Waals surface area contributed by atoms with Crippen LogP contribution in [0.25, 0.3) is 0 Å².